The maximum Gasteiger partial charge on any atom is 0.310 e. The zero-order chi connectivity index (χ0) is 15.4. The van der Waals surface area contributed by atoms with Gasteiger partial charge in [0, 0.05) is 19.4 Å². The standard InChI is InChI=1S/C16H14O5/c1-10(17)20-16(21-11(2)18)15(19)14-8-7-12-5-3-4-6-13(12)9-14/h3-9,16H,1-2H3. The van der Waals surface area contributed by atoms with Gasteiger partial charge in [-0.05, 0) is 16.8 Å². The lowest BCUT2D eigenvalue weighted by molar-refractivity contribution is -0.176. The third kappa shape index (κ3) is 3.66. The van der Waals surface area contributed by atoms with Gasteiger partial charge in [0.1, 0.15) is 0 Å². The fourth-order valence-electron chi connectivity index (χ4n) is 1.91. The molecule has 0 N–H and O–H groups in total. The van der Waals surface area contributed by atoms with Gasteiger partial charge in [-0.2, -0.15) is 0 Å². The van der Waals surface area contributed by atoms with E-state index in [0.717, 1.165) is 24.6 Å². The topological polar surface area (TPSA) is 69.7 Å². The molecule has 2 aromatic rings. The van der Waals surface area contributed by atoms with E-state index >= 15 is 0 Å². The van der Waals surface area contributed by atoms with Crippen LogP contribution in [-0.2, 0) is 19.1 Å². The van der Waals surface area contributed by atoms with E-state index in [1.807, 2.05) is 24.3 Å². The van der Waals surface area contributed by atoms with Gasteiger partial charge in [-0.1, -0.05) is 36.4 Å². The van der Waals surface area contributed by atoms with Crippen molar-refractivity contribution in [2.75, 3.05) is 0 Å². The van der Waals surface area contributed by atoms with E-state index in [4.69, 9.17) is 9.47 Å². The van der Waals surface area contributed by atoms with Gasteiger partial charge in [0.05, 0.1) is 0 Å². The fraction of sp³-hybridized carbons (Fsp3) is 0.188. The van der Waals surface area contributed by atoms with Gasteiger partial charge >= 0.3 is 18.2 Å². The second-order valence-corrected chi connectivity index (χ2v) is 4.48. The first kappa shape index (κ1) is 14.7. The monoisotopic (exact) mass is 286 g/mol. The molecule has 0 aliphatic heterocycles. The number of benzene rings is 2. The molecule has 2 aromatic carbocycles. The van der Waals surface area contributed by atoms with E-state index in [1.165, 1.54) is 0 Å². The number of hydrogen-bond donors (Lipinski definition) is 0. The van der Waals surface area contributed by atoms with E-state index in [0.29, 0.717) is 5.56 Å². The molecule has 0 unspecified atom stereocenters. The number of carbonyl (C=O) groups excluding carboxylic acids is 3. The summed E-state index contributed by atoms with van der Waals surface area (Å²) in [6.07, 6.45) is -1.55. The molecule has 0 radical (unpaired) electrons. The quantitative estimate of drug-likeness (QED) is 0.490. The lowest BCUT2D eigenvalue weighted by Gasteiger charge is -2.15. The van der Waals surface area contributed by atoms with Crippen molar-refractivity contribution in [3.8, 4) is 0 Å². The van der Waals surface area contributed by atoms with Crippen LogP contribution in [0, 0.1) is 0 Å². The average Bonchev–Trinajstić information content (AvgIpc) is 2.44. The minimum absolute atomic E-state index is 0.307. The third-order valence-electron chi connectivity index (χ3n) is 2.79. The van der Waals surface area contributed by atoms with Crippen LogP contribution in [0.1, 0.15) is 24.2 Å². The zero-order valence-corrected chi connectivity index (χ0v) is 11.7. The van der Waals surface area contributed by atoms with Crippen molar-refractivity contribution < 1.29 is 23.9 Å². The van der Waals surface area contributed by atoms with Crippen molar-refractivity contribution in [2.24, 2.45) is 0 Å². The molecule has 0 fully saturated rings. The molecule has 0 heterocycles. The number of esters is 2. The summed E-state index contributed by atoms with van der Waals surface area (Å²) in [5, 5.41) is 1.85. The number of carbonyl (C=O) groups is 3. The first-order valence-corrected chi connectivity index (χ1v) is 6.35. The highest BCUT2D eigenvalue weighted by Crippen LogP contribution is 2.18. The highest BCUT2D eigenvalue weighted by atomic mass is 16.7. The van der Waals surface area contributed by atoms with Crippen molar-refractivity contribution >= 4 is 28.5 Å². The Morgan fingerprint density at radius 3 is 2.00 bits per heavy atom. The normalized spacial score (nSPS) is 10.4. The molecule has 0 spiro atoms. The summed E-state index contributed by atoms with van der Waals surface area (Å²) >= 11 is 0. The van der Waals surface area contributed by atoms with Gasteiger partial charge in [0.15, 0.2) is 0 Å². The molecule has 0 saturated carbocycles. The lowest BCUT2D eigenvalue weighted by atomic mass is 10.0. The maximum absolute atomic E-state index is 12.3. The molecule has 0 amide bonds. The summed E-state index contributed by atoms with van der Waals surface area (Å²) in [5.74, 6) is -1.98. The molecule has 0 atom stereocenters. The molecular weight excluding hydrogens is 272 g/mol. The Bertz CT molecular complexity index is 689. The van der Waals surface area contributed by atoms with Gasteiger partial charge in [0.25, 0.3) is 0 Å². The summed E-state index contributed by atoms with van der Waals surface area (Å²) in [6, 6.07) is 12.6. The summed E-state index contributed by atoms with van der Waals surface area (Å²) in [5.41, 5.74) is 0.307. The Morgan fingerprint density at radius 2 is 1.43 bits per heavy atom. The van der Waals surface area contributed by atoms with Gasteiger partial charge < -0.3 is 9.47 Å². The smallest absolute Gasteiger partial charge is 0.310 e. The summed E-state index contributed by atoms with van der Waals surface area (Å²) in [4.78, 5) is 34.3. The number of ether oxygens (including phenoxy) is 2. The van der Waals surface area contributed by atoms with Crippen LogP contribution in [0.3, 0.4) is 0 Å². The maximum atomic E-state index is 12.3. The minimum atomic E-state index is -1.55. The molecule has 0 aromatic heterocycles. The SMILES string of the molecule is CC(=O)OC(OC(C)=O)C(=O)c1ccc2ccccc2c1. The van der Waals surface area contributed by atoms with E-state index in [1.54, 1.807) is 18.2 Å². The molecule has 0 bridgehead atoms. The van der Waals surface area contributed by atoms with Gasteiger partial charge in [0.2, 0.25) is 5.78 Å². The van der Waals surface area contributed by atoms with Crippen LogP contribution in [0.5, 0.6) is 0 Å². The molecule has 5 heteroatoms. The number of rotatable bonds is 4. The van der Waals surface area contributed by atoms with Crippen molar-refractivity contribution in [1.82, 2.24) is 0 Å². The van der Waals surface area contributed by atoms with Crippen molar-refractivity contribution in [1.29, 1.82) is 0 Å². The van der Waals surface area contributed by atoms with E-state index in [9.17, 15) is 14.4 Å². The van der Waals surface area contributed by atoms with Crippen LogP contribution in [0.4, 0.5) is 0 Å². The molecule has 108 valence electrons. The molecule has 0 aliphatic carbocycles. The predicted octanol–water partition coefficient (Wildman–Crippen LogP) is 2.47. The van der Waals surface area contributed by atoms with Crippen LogP contribution in [0.2, 0.25) is 0 Å². The molecule has 21 heavy (non-hydrogen) atoms. The third-order valence-corrected chi connectivity index (χ3v) is 2.79. The van der Waals surface area contributed by atoms with Crippen molar-refractivity contribution in [3.63, 3.8) is 0 Å². The second kappa shape index (κ2) is 6.17. The summed E-state index contributed by atoms with van der Waals surface area (Å²) in [7, 11) is 0. The zero-order valence-electron chi connectivity index (χ0n) is 11.7. The van der Waals surface area contributed by atoms with Crippen LogP contribution in [0.15, 0.2) is 42.5 Å². The molecule has 0 saturated heterocycles. The number of fused-ring (bicyclic) bond motifs is 1. The first-order valence-electron chi connectivity index (χ1n) is 6.35. The highest BCUT2D eigenvalue weighted by molar-refractivity contribution is 6.03. The lowest BCUT2D eigenvalue weighted by Crippen LogP contribution is -2.31. The molecular formula is C16H14O5. The van der Waals surface area contributed by atoms with E-state index in [2.05, 4.69) is 0 Å². The van der Waals surface area contributed by atoms with Gasteiger partial charge in [-0.3, -0.25) is 14.4 Å². The Kier molecular flexibility index (Phi) is 4.33. The van der Waals surface area contributed by atoms with Gasteiger partial charge in [-0.15, -0.1) is 0 Å². The summed E-state index contributed by atoms with van der Waals surface area (Å²) < 4.78 is 9.52. The average molecular weight is 286 g/mol. The highest BCUT2D eigenvalue weighted by Gasteiger charge is 2.26. The van der Waals surface area contributed by atoms with Crippen LogP contribution in [-0.4, -0.2) is 24.0 Å². The minimum Gasteiger partial charge on any atom is -0.417 e. The predicted molar refractivity (Wildman–Crippen MR) is 75.6 cm³/mol. The van der Waals surface area contributed by atoms with E-state index in [-0.39, 0.29) is 0 Å². The number of hydrogen-bond acceptors (Lipinski definition) is 5. The van der Waals surface area contributed by atoms with Crippen molar-refractivity contribution in [2.45, 2.75) is 20.1 Å². The largest absolute Gasteiger partial charge is 0.417 e. The first-order chi connectivity index (χ1) is 9.97. The number of Topliss-reactive ketones (excluding diaryl/α,β-unsaturated/α-hetero) is 1. The Balaban J connectivity index is 2.32. The summed E-state index contributed by atoms with van der Waals surface area (Å²) in [6.45, 7) is 2.29. The Hall–Kier alpha value is -2.69. The Labute approximate surface area is 121 Å². The number of ketones is 1. The van der Waals surface area contributed by atoms with Crippen LogP contribution in [0.25, 0.3) is 10.8 Å². The van der Waals surface area contributed by atoms with Gasteiger partial charge in [-0.25, -0.2) is 0 Å². The molecule has 0 aliphatic rings. The van der Waals surface area contributed by atoms with Crippen LogP contribution < -0.4 is 0 Å². The fourth-order valence-corrected chi connectivity index (χ4v) is 1.91. The van der Waals surface area contributed by atoms with E-state index < -0.39 is 24.0 Å². The van der Waals surface area contributed by atoms with Crippen molar-refractivity contribution in [3.05, 3.63) is 48.0 Å². The Morgan fingerprint density at radius 1 is 0.857 bits per heavy atom. The van der Waals surface area contributed by atoms with Crippen LogP contribution >= 0.6 is 0 Å². The second-order valence-electron chi connectivity index (χ2n) is 4.48. The molecule has 5 nitrogen and oxygen atoms in total. The molecule has 2 rings (SSSR count).